The van der Waals surface area contributed by atoms with Crippen molar-refractivity contribution in [3.63, 3.8) is 0 Å². The molecule has 3 heterocycles. The van der Waals surface area contributed by atoms with E-state index in [1.165, 1.54) is 23.1 Å². The van der Waals surface area contributed by atoms with Crippen LogP contribution in [0.25, 0.3) is 17.3 Å². The molecule has 116 valence electrons. The zero-order valence-electron chi connectivity index (χ0n) is 12.1. The van der Waals surface area contributed by atoms with Crippen molar-refractivity contribution in [2.75, 3.05) is 7.11 Å². The summed E-state index contributed by atoms with van der Waals surface area (Å²) in [5, 5.41) is 12.9. The number of rotatable bonds is 5. The molecule has 3 aromatic heterocycles. The second-order valence-corrected chi connectivity index (χ2v) is 4.52. The lowest BCUT2D eigenvalue weighted by atomic mass is 10.3. The third-order valence-corrected chi connectivity index (χ3v) is 2.89. The smallest absolute Gasteiger partial charge is 0.356 e. The van der Waals surface area contributed by atoms with Crippen LogP contribution in [0, 0.1) is 0 Å². The van der Waals surface area contributed by atoms with Gasteiger partial charge in [-0.15, -0.1) is 0 Å². The largest absolute Gasteiger partial charge is 0.476 e. The second-order valence-electron chi connectivity index (χ2n) is 4.52. The van der Waals surface area contributed by atoms with Gasteiger partial charge in [0.05, 0.1) is 18.5 Å². The summed E-state index contributed by atoms with van der Waals surface area (Å²) in [5.74, 6) is -0.334. The highest BCUT2D eigenvalue weighted by Crippen LogP contribution is 2.15. The van der Waals surface area contributed by atoms with Gasteiger partial charge in [-0.25, -0.2) is 24.4 Å². The number of hydrogen-bond donors (Lipinski definition) is 1. The van der Waals surface area contributed by atoms with E-state index in [2.05, 4.69) is 25.0 Å². The quantitative estimate of drug-likeness (QED) is 0.740. The molecule has 0 unspecified atom stereocenters. The third kappa shape index (κ3) is 3.19. The maximum absolute atomic E-state index is 11.0. The van der Waals surface area contributed by atoms with Gasteiger partial charge in [-0.3, -0.25) is 4.98 Å². The number of ether oxygens (including phenoxy) is 1. The van der Waals surface area contributed by atoms with Crippen LogP contribution in [-0.2, 0) is 11.3 Å². The minimum atomic E-state index is -1.11. The highest BCUT2D eigenvalue weighted by atomic mass is 16.5. The first-order valence-electron chi connectivity index (χ1n) is 6.60. The first kappa shape index (κ1) is 14.7. The molecule has 1 N–H and O–H groups in total. The average molecular weight is 312 g/mol. The van der Waals surface area contributed by atoms with Crippen LogP contribution in [0.1, 0.15) is 16.2 Å². The minimum absolute atomic E-state index is 0.0713. The Balaban J connectivity index is 2.08. The van der Waals surface area contributed by atoms with Gasteiger partial charge in [0.2, 0.25) is 0 Å². The summed E-state index contributed by atoms with van der Waals surface area (Å²) in [5.41, 5.74) is 1.04. The number of hydrogen-bond acceptors (Lipinski definition) is 7. The molecule has 9 heteroatoms. The summed E-state index contributed by atoms with van der Waals surface area (Å²) in [6, 6.07) is 3.06. The summed E-state index contributed by atoms with van der Waals surface area (Å²) in [7, 11) is 1.56. The molecule has 0 aliphatic carbocycles. The number of carbonyl (C=O) groups is 1. The van der Waals surface area contributed by atoms with Gasteiger partial charge in [0.15, 0.2) is 17.3 Å². The van der Waals surface area contributed by atoms with E-state index in [9.17, 15) is 4.79 Å². The van der Waals surface area contributed by atoms with Gasteiger partial charge in [0.25, 0.3) is 0 Å². The fourth-order valence-corrected chi connectivity index (χ4v) is 1.92. The van der Waals surface area contributed by atoms with Crippen LogP contribution in [0.4, 0.5) is 0 Å². The Morgan fingerprint density at radius 3 is 2.87 bits per heavy atom. The Hall–Kier alpha value is -3.20. The van der Waals surface area contributed by atoms with E-state index in [0.29, 0.717) is 23.0 Å². The van der Waals surface area contributed by atoms with Crippen molar-refractivity contribution >= 4 is 5.97 Å². The van der Waals surface area contributed by atoms with Crippen molar-refractivity contribution in [3.05, 3.63) is 48.3 Å². The standard InChI is InChI=1S/C14H12N6O3/c1-23-8-9-6-12(20-5-2-10(19-20)14(21)22)18-13(17-9)11-7-15-3-4-16-11/h2-7H,8H2,1H3,(H,21,22). The second kappa shape index (κ2) is 6.28. The van der Waals surface area contributed by atoms with Gasteiger partial charge in [-0.05, 0) is 6.07 Å². The molecule has 0 aliphatic rings. The molecule has 0 fully saturated rings. The number of methoxy groups -OCH3 is 1. The zero-order chi connectivity index (χ0) is 16.2. The van der Waals surface area contributed by atoms with E-state index in [1.54, 1.807) is 25.6 Å². The molecule has 3 aromatic rings. The van der Waals surface area contributed by atoms with Crippen molar-refractivity contribution in [2.45, 2.75) is 6.61 Å². The third-order valence-electron chi connectivity index (χ3n) is 2.89. The molecule has 0 atom stereocenters. The van der Waals surface area contributed by atoms with Crippen LogP contribution in [0.3, 0.4) is 0 Å². The molecule has 0 amide bonds. The van der Waals surface area contributed by atoms with E-state index in [-0.39, 0.29) is 12.3 Å². The minimum Gasteiger partial charge on any atom is -0.476 e. The van der Waals surface area contributed by atoms with Gasteiger partial charge in [0, 0.05) is 31.8 Å². The topological polar surface area (TPSA) is 116 Å². The van der Waals surface area contributed by atoms with Gasteiger partial charge in [-0.2, -0.15) is 5.10 Å². The van der Waals surface area contributed by atoms with Crippen molar-refractivity contribution < 1.29 is 14.6 Å². The number of aromatic carboxylic acids is 1. The van der Waals surface area contributed by atoms with Crippen LogP contribution in [-0.4, -0.2) is 47.9 Å². The molecular formula is C14H12N6O3. The number of carboxylic acid groups (broad SMARTS) is 1. The summed E-state index contributed by atoms with van der Waals surface area (Å²) in [4.78, 5) is 27.8. The van der Waals surface area contributed by atoms with E-state index < -0.39 is 5.97 Å². The normalized spacial score (nSPS) is 10.7. The average Bonchev–Trinajstić information content (AvgIpc) is 3.06. The lowest BCUT2D eigenvalue weighted by Gasteiger charge is -2.07. The van der Waals surface area contributed by atoms with Crippen LogP contribution in [0.5, 0.6) is 0 Å². The van der Waals surface area contributed by atoms with E-state index in [0.717, 1.165) is 0 Å². The van der Waals surface area contributed by atoms with E-state index in [4.69, 9.17) is 9.84 Å². The Labute approximate surface area is 130 Å². The summed E-state index contributed by atoms with van der Waals surface area (Å²) in [6.07, 6.45) is 6.15. The predicted octanol–water partition coefficient (Wildman–Crippen LogP) is 0.964. The predicted molar refractivity (Wildman–Crippen MR) is 77.9 cm³/mol. The van der Waals surface area contributed by atoms with Crippen molar-refractivity contribution in [2.24, 2.45) is 0 Å². The van der Waals surface area contributed by atoms with Crippen LogP contribution in [0.15, 0.2) is 36.9 Å². The summed E-state index contributed by atoms with van der Waals surface area (Å²) < 4.78 is 6.47. The molecule has 23 heavy (non-hydrogen) atoms. The molecule has 0 saturated heterocycles. The van der Waals surface area contributed by atoms with Crippen LogP contribution < -0.4 is 0 Å². The fraction of sp³-hybridized carbons (Fsp3) is 0.143. The van der Waals surface area contributed by atoms with Gasteiger partial charge in [-0.1, -0.05) is 0 Å². The maximum atomic E-state index is 11.0. The lowest BCUT2D eigenvalue weighted by Crippen LogP contribution is -2.07. The summed E-state index contributed by atoms with van der Waals surface area (Å²) >= 11 is 0. The molecule has 0 spiro atoms. The van der Waals surface area contributed by atoms with Gasteiger partial charge in [0.1, 0.15) is 5.69 Å². The maximum Gasteiger partial charge on any atom is 0.356 e. The number of carboxylic acids is 1. The summed E-state index contributed by atoms with van der Waals surface area (Å²) in [6.45, 7) is 0.274. The fourth-order valence-electron chi connectivity index (χ4n) is 1.92. The van der Waals surface area contributed by atoms with Gasteiger partial charge < -0.3 is 9.84 Å². The van der Waals surface area contributed by atoms with E-state index >= 15 is 0 Å². The molecule has 0 aromatic carbocycles. The van der Waals surface area contributed by atoms with Crippen LogP contribution in [0.2, 0.25) is 0 Å². The zero-order valence-corrected chi connectivity index (χ0v) is 12.1. The van der Waals surface area contributed by atoms with Crippen LogP contribution >= 0.6 is 0 Å². The SMILES string of the molecule is COCc1cc(-n2ccc(C(=O)O)n2)nc(-c2cnccn2)n1. The van der Waals surface area contributed by atoms with Crippen molar-refractivity contribution in [1.29, 1.82) is 0 Å². The highest BCUT2D eigenvalue weighted by molar-refractivity contribution is 5.85. The lowest BCUT2D eigenvalue weighted by molar-refractivity contribution is 0.0690. The molecule has 0 radical (unpaired) electrons. The van der Waals surface area contributed by atoms with Crippen molar-refractivity contribution in [3.8, 4) is 17.3 Å². The monoisotopic (exact) mass is 312 g/mol. The Morgan fingerprint density at radius 1 is 1.35 bits per heavy atom. The highest BCUT2D eigenvalue weighted by Gasteiger charge is 2.12. The first-order chi connectivity index (χ1) is 11.2. The number of aromatic nitrogens is 6. The Kier molecular flexibility index (Phi) is 4.02. The Morgan fingerprint density at radius 2 is 2.22 bits per heavy atom. The van der Waals surface area contributed by atoms with Gasteiger partial charge >= 0.3 is 5.97 Å². The molecule has 0 aliphatic heterocycles. The van der Waals surface area contributed by atoms with E-state index in [1.807, 2.05) is 0 Å². The number of nitrogens with zero attached hydrogens (tertiary/aromatic N) is 6. The molecule has 0 bridgehead atoms. The molecule has 0 saturated carbocycles. The molecule has 3 rings (SSSR count). The molecule has 9 nitrogen and oxygen atoms in total. The van der Waals surface area contributed by atoms with Crippen molar-refractivity contribution in [1.82, 2.24) is 29.7 Å². The first-order valence-corrected chi connectivity index (χ1v) is 6.60. The molecular weight excluding hydrogens is 300 g/mol. The Bertz CT molecular complexity index is 834.